The van der Waals surface area contributed by atoms with Gasteiger partial charge >= 0.3 is 0 Å². The van der Waals surface area contributed by atoms with E-state index in [0.29, 0.717) is 0 Å². The van der Waals surface area contributed by atoms with Crippen LogP contribution >= 0.6 is 16.8 Å². The summed E-state index contributed by atoms with van der Waals surface area (Å²) in [6, 6.07) is 0. The first kappa shape index (κ1) is 28.5. The van der Waals surface area contributed by atoms with Crippen molar-refractivity contribution in [3.8, 4) is 0 Å². The second kappa shape index (κ2) is 11.1. The van der Waals surface area contributed by atoms with Gasteiger partial charge in [-0.1, -0.05) is 0 Å². The Labute approximate surface area is 186 Å². The first-order valence-corrected chi connectivity index (χ1v) is 26.7. The van der Waals surface area contributed by atoms with Crippen LogP contribution < -0.4 is 0 Å². The molecule has 0 spiro atoms. The summed E-state index contributed by atoms with van der Waals surface area (Å²) in [5.74, 6) is 0. The van der Waals surface area contributed by atoms with E-state index < -0.39 is 50.0 Å². The molecule has 1 aliphatic heterocycles. The number of hydrogen-bond acceptors (Lipinski definition) is 6. The summed E-state index contributed by atoms with van der Waals surface area (Å²) in [4.78, 5) is 2.47. The SMILES string of the molecule is C[Si](C)(C)OP(O[Si](C)(C)C)C(N1CCOCC1)P(O[Si](C)(C)C)O[Si](C)(C)C. The summed E-state index contributed by atoms with van der Waals surface area (Å²) in [5.41, 5.74) is 0.0285. The molecular weight excluding hydrogens is 472 g/mol. The van der Waals surface area contributed by atoms with Crippen LogP contribution in [0.25, 0.3) is 0 Å². The van der Waals surface area contributed by atoms with Crippen molar-refractivity contribution in [1.29, 1.82) is 0 Å². The highest BCUT2D eigenvalue weighted by molar-refractivity contribution is 7.69. The van der Waals surface area contributed by atoms with E-state index >= 15 is 0 Å². The molecule has 0 aromatic rings. The molecule has 0 N–H and O–H groups in total. The molecule has 0 saturated carbocycles. The van der Waals surface area contributed by atoms with Crippen molar-refractivity contribution in [1.82, 2.24) is 4.90 Å². The second-order valence-electron chi connectivity index (χ2n) is 11.4. The molecule has 6 nitrogen and oxygen atoms in total. The smallest absolute Gasteiger partial charge is 0.191 e. The Bertz CT molecular complexity index is 432. The van der Waals surface area contributed by atoms with Crippen LogP contribution in [0.2, 0.25) is 78.6 Å². The molecule has 1 aliphatic rings. The van der Waals surface area contributed by atoms with Crippen molar-refractivity contribution in [3.05, 3.63) is 0 Å². The van der Waals surface area contributed by atoms with Crippen molar-refractivity contribution in [2.75, 3.05) is 26.3 Å². The summed E-state index contributed by atoms with van der Waals surface area (Å²) in [7, 11) is -9.58. The topological polar surface area (TPSA) is 49.4 Å². The molecule has 1 rings (SSSR count). The normalized spacial score (nSPS) is 18.3. The zero-order chi connectivity index (χ0) is 22.7. The van der Waals surface area contributed by atoms with Crippen molar-refractivity contribution in [2.45, 2.75) is 84.1 Å². The molecule has 1 heterocycles. The van der Waals surface area contributed by atoms with E-state index in [1.54, 1.807) is 0 Å². The molecule has 1 saturated heterocycles. The summed E-state index contributed by atoms with van der Waals surface area (Å²) in [5, 5.41) is 0. The zero-order valence-corrected chi connectivity index (χ0v) is 26.6. The van der Waals surface area contributed by atoms with E-state index in [0.717, 1.165) is 26.3 Å². The van der Waals surface area contributed by atoms with E-state index in [1.165, 1.54) is 0 Å². The maximum atomic E-state index is 6.76. The number of nitrogens with zero attached hydrogens (tertiary/aromatic N) is 1. The van der Waals surface area contributed by atoms with E-state index in [9.17, 15) is 0 Å². The van der Waals surface area contributed by atoms with Crippen molar-refractivity contribution in [2.24, 2.45) is 0 Å². The molecule has 0 bridgehead atoms. The molecule has 0 amide bonds. The lowest BCUT2D eigenvalue weighted by atomic mass is 10.5. The fourth-order valence-electron chi connectivity index (χ4n) is 2.46. The number of morpholine rings is 1. The number of hydrogen-bond donors (Lipinski definition) is 0. The van der Waals surface area contributed by atoms with Gasteiger partial charge in [0, 0.05) is 13.1 Å². The Morgan fingerprint density at radius 2 is 0.862 bits per heavy atom. The van der Waals surface area contributed by atoms with Gasteiger partial charge in [-0.25, -0.2) is 0 Å². The van der Waals surface area contributed by atoms with Crippen LogP contribution in [-0.4, -0.2) is 70.0 Å². The van der Waals surface area contributed by atoms with Crippen LogP contribution in [0.15, 0.2) is 0 Å². The van der Waals surface area contributed by atoms with Gasteiger partial charge in [0.15, 0.2) is 50.0 Å². The third-order valence-electron chi connectivity index (χ3n) is 3.20. The fourth-order valence-corrected chi connectivity index (χ4v) is 16.9. The highest BCUT2D eigenvalue weighted by atomic mass is 31.2. The minimum Gasteiger partial charge on any atom is -0.379 e. The second-order valence-corrected chi connectivity index (χ2v) is 33.7. The van der Waals surface area contributed by atoms with Crippen LogP contribution in [0.5, 0.6) is 0 Å². The fraction of sp³-hybridized carbons (Fsp3) is 1.00. The number of ether oxygens (including phenoxy) is 1. The standard InChI is InChI=1S/C17H45NO5P2Si4/c1-26(2,3)20-24(21-27(4,5)6)17(18-13-15-19-16-14-18)25(22-28(7,8)9)23-29(10,11)12/h17H,13-16H2,1-12H3. The largest absolute Gasteiger partial charge is 0.379 e. The molecule has 174 valence electrons. The molecule has 0 radical (unpaired) electrons. The predicted molar refractivity (Wildman–Crippen MR) is 138 cm³/mol. The van der Waals surface area contributed by atoms with Gasteiger partial charge in [0.05, 0.1) is 13.2 Å². The highest BCUT2D eigenvalue weighted by Crippen LogP contribution is 2.65. The predicted octanol–water partition coefficient (Wildman–Crippen LogP) is 6.63. The van der Waals surface area contributed by atoms with Crippen molar-refractivity contribution < 1.29 is 21.6 Å². The molecule has 0 aromatic carbocycles. The van der Waals surface area contributed by atoms with Crippen LogP contribution in [0.1, 0.15) is 0 Å². The van der Waals surface area contributed by atoms with Gasteiger partial charge < -0.3 is 21.6 Å². The summed E-state index contributed by atoms with van der Waals surface area (Å²) in [6.07, 6.45) is 0. The van der Waals surface area contributed by atoms with E-state index in [4.69, 9.17) is 21.6 Å². The van der Waals surface area contributed by atoms with E-state index in [-0.39, 0.29) is 5.52 Å². The molecular formula is C17H45NO5P2Si4. The van der Waals surface area contributed by atoms with Gasteiger partial charge in [-0.2, -0.15) is 0 Å². The average Bonchev–Trinajstić information content (AvgIpc) is 2.41. The lowest BCUT2D eigenvalue weighted by Crippen LogP contribution is -2.46. The average molecular weight is 518 g/mol. The molecule has 0 atom stereocenters. The van der Waals surface area contributed by atoms with Crippen LogP contribution in [0, 0.1) is 0 Å². The molecule has 1 fully saturated rings. The van der Waals surface area contributed by atoms with Gasteiger partial charge in [0.1, 0.15) is 5.52 Å². The first-order chi connectivity index (χ1) is 12.9. The van der Waals surface area contributed by atoms with Gasteiger partial charge in [0.25, 0.3) is 0 Å². The Morgan fingerprint density at radius 3 is 1.10 bits per heavy atom. The van der Waals surface area contributed by atoms with Crippen molar-refractivity contribution in [3.63, 3.8) is 0 Å². The molecule has 29 heavy (non-hydrogen) atoms. The van der Waals surface area contributed by atoms with E-state index in [1.807, 2.05) is 0 Å². The van der Waals surface area contributed by atoms with Crippen LogP contribution in [-0.2, 0) is 21.6 Å². The summed E-state index contributed by atoms with van der Waals surface area (Å²) < 4.78 is 32.7. The minimum atomic E-state index is -1.82. The molecule has 0 unspecified atom stereocenters. The monoisotopic (exact) mass is 517 g/mol. The Morgan fingerprint density at radius 1 is 0.586 bits per heavy atom. The molecule has 12 heteroatoms. The third kappa shape index (κ3) is 12.9. The van der Waals surface area contributed by atoms with Gasteiger partial charge in [0.2, 0.25) is 0 Å². The maximum absolute atomic E-state index is 6.76. The Kier molecular flexibility index (Phi) is 10.9. The quantitative estimate of drug-likeness (QED) is 0.226. The zero-order valence-electron chi connectivity index (χ0n) is 20.8. The highest BCUT2D eigenvalue weighted by Gasteiger charge is 2.46. The third-order valence-corrected chi connectivity index (χ3v) is 17.4. The van der Waals surface area contributed by atoms with Gasteiger partial charge in [-0.05, 0) is 78.6 Å². The van der Waals surface area contributed by atoms with Gasteiger partial charge in [-0.15, -0.1) is 0 Å². The summed E-state index contributed by atoms with van der Waals surface area (Å²) >= 11 is 0. The maximum Gasteiger partial charge on any atom is 0.191 e. The molecule has 0 aromatic heterocycles. The Hall–Kier alpha value is 1.49. The minimum absolute atomic E-state index is 0.0285. The van der Waals surface area contributed by atoms with Crippen molar-refractivity contribution >= 4 is 50.0 Å². The van der Waals surface area contributed by atoms with Crippen LogP contribution in [0.4, 0.5) is 0 Å². The first-order valence-electron chi connectivity index (χ1n) is 10.5. The molecule has 0 aliphatic carbocycles. The van der Waals surface area contributed by atoms with Gasteiger partial charge in [-0.3, -0.25) is 4.90 Å². The Balaban J connectivity index is 3.39. The number of rotatable bonds is 11. The lowest BCUT2D eigenvalue weighted by Gasteiger charge is -2.46. The van der Waals surface area contributed by atoms with Crippen LogP contribution in [0.3, 0.4) is 0 Å². The summed E-state index contributed by atoms with van der Waals surface area (Å²) in [6.45, 7) is 30.1. The van der Waals surface area contributed by atoms with E-state index in [2.05, 4.69) is 83.5 Å². The lowest BCUT2D eigenvalue weighted by molar-refractivity contribution is 0.0386.